The van der Waals surface area contributed by atoms with Gasteiger partial charge in [-0.15, -0.1) is 0 Å². The molecular weight excluding hydrogens is 288 g/mol. The first-order chi connectivity index (χ1) is 11.3. The lowest BCUT2D eigenvalue weighted by Gasteiger charge is -2.25. The Balaban J connectivity index is 1.72. The van der Waals surface area contributed by atoms with Gasteiger partial charge in [0.05, 0.1) is 19.3 Å². The van der Waals surface area contributed by atoms with E-state index in [4.69, 9.17) is 4.74 Å². The molecule has 2 N–H and O–H groups in total. The van der Waals surface area contributed by atoms with Crippen LogP contribution in [-0.2, 0) is 9.53 Å². The van der Waals surface area contributed by atoms with Crippen LogP contribution in [0.5, 0.6) is 0 Å². The van der Waals surface area contributed by atoms with Crippen molar-refractivity contribution in [3.05, 3.63) is 71.8 Å². The van der Waals surface area contributed by atoms with Crippen LogP contribution in [0.2, 0.25) is 0 Å². The smallest absolute Gasteiger partial charge is 0.222 e. The second-order valence-corrected chi connectivity index (χ2v) is 5.75. The van der Waals surface area contributed by atoms with Gasteiger partial charge in [-0.25, -0.2) is 0 Å². The minimum absolute atomic E-state index is 0.0331. The third-order valence-corrected chi connectivity index (χ3v) is 4.00. The number of carbonyl (C=O) groups is 1. The Hall–Kier alpha value is -2.17. The van der Waals surface area contributed by atoms with Gasteiger partial charge in [-0.05, 0) is 11.1 Å². The van der Waals surface area contributed by atoms with Gasteiger partial charge in [0.15, 0.2) is 0 Å². The molecule has 2 aromatic rings. The fourth-order valence-electron chi connectivity index (χ4n) is 2.84. The molecule has 4 nitrogen and oxygen atoms in total. The molecule has 1 unspecified atom stereocenters. The average Bonchev–Trinajstić information content (AvgIpc) is 2.62. The van der Waals surface area contributed by atoms with Crippen LogP contribution >= 0.6 is 0 Å². The van der Waals surface area contributed by atoms with Crippen LogP contribution in [0.25, 0.3) is 0 Å². The predicted molar refractivity (Wildman–Crippen MR) is 90.1 cm³/mol. The zero-order valence-electron chi connectivity index (χ0n) is 13.1. The second-order valence-electron chi connectivity index (χ2n) is 5.75. The maximum absolute atomic E-state index is 12.5. The Morgan fingerprint density at radius 2 is 1.70 bits per heavy atom. The lowest BCUT2D eigenvalue weighted by atomic mass is 9.98. The number of amides is 1. The largest absolute Gasteiger partial charge is 0.378 e. The Kier molecular flexibility index (Phi) is 5.40. The van der Waals surface area contributed by atoms with Crippen LogP contribution in [0.3, 0.4) is 0 Å². The molecule has 1 amide bonds. The van der Waals surface area contributed by atoms with Crippen LogP contribution < -0.4 is 10.6 Å². The van der Waals surface area contributed by atoms with E-state index in [9.17, 15) is 4.79 Å². The van der Waals surface area contributed by atoms with Gasteiger partial charge in [-0.1, -0.05) is 60.7 Å². The number of hydrogen-bond acceptors (Lipinski definition) is 3. The summed E-state index contributed by atoms with van der Waals surface area (Å²) < 4.78 is 5.41. The molecule has 120 valence electrons. The minimum Gasteiger partial charge on any atom is -0.378 e. The maximum Gasteiger partial charge on any atom is 0.222 e. The van der Waals surface area contributed by atoms with Crippen molar-refractivity contribution in [3.8, 4) is 0 Å². The minimum atomic E-state index is -0.130. The van der Waals surface area contributed by atoms with Gasteiger partial charge in [0, 0.05) is 19.0 Å². The first-order valence-corrected chi connectivity index (χ1v) is 8.03. The van der Waals surface area contributed by atoms with Gasteiger partial charge < -0.3 is 15.4 Å². The van der Waals surface area contributed by atoms with Crippen molar-refractivity contribution in [3.63, 3.8) is 0 Å². The lowest BCUT2D eigenvalue weighted by Crippen LogP contribution is -2.44. The third-order valence-electron chi connectivity index (χ3n) is 4.00. The summed E-state index contributed by atoms with van der Waals surface area (Å²) in [6.07, 6.45) is 0.427. The van der Waals surface area contributed by atoms with E-state index in [1.54, 1.807) is 0 Å². The van der Waals surface area contributed by atoms with E-state index >= 15 is 0 Å². The first kappa shape index (κ1) is 15.7. The second kappa shape index (κ2) is 7.90. The first-order valence-electron chi connectivity index (χ1n) is 8.03. The monoisotopic (exact) mass is 310 g/mol. The number of morpholine rings is 1. The Bertz CT molecular complexity index is 570. The van der Waals surface area contributed by atoms with E-state index in [2.05, 4.69) is 10.6 Å². The molecule has 1 aliphatic rings. The van der Waals surface area contributed by atoms with E-state index in [1.165, 1.54) is 0 Å². The summed E-state index contributed by atoms with van der Waals surface area (Å²) >= 11 is 0. The summed E-state index contributed by atoms with van der Waals surface area (Å²) in [7, 11) is 0. The van der Waals surface area contributed by atoms with Crippen LogP contribution in [0.1, 0.15) is 23.6 Å². The molecule has 2 aromatic carbocycles. The number of ether oxygens (including phenoxy) is 1. The molecule has 3 rings (SSSR count). The quantitative estimate of drug-likeness (QED) is 0.891. The van der Waals surface area contributed by atoms with Gasteiger partial charge in [-0.3, -0.25) is 4.79 Å². The summed E-state index contributed by atoms with van der Waals surface area (Å²) in [5, 5.41) is 6.48. The van der Waals surface area contributed by atoms with Gasteiger partial charge in [0.25, 0.3) is 0 Å². The normalized spacial score (nSPS) is 17.9. The molecule has 23 heavy (non-hydrogen) atoms. The third kappa shape index (κ3) is 4.41. The topological polar surface area (TPSA) is 50.4 Å². The maximum atomic E-state index is 12.5. The highest BCUT2D eigenvalue weighted by Gasteiger charge is 2.20. The highest BCUT2D eigenvalue weighted by Crippen LogP contribution is 2.22. The van der Waals surface area contributed by atoms with Crippen molar-refractivity contribution in [1.82, 2.24) is 10.6 Å². The lowest BCUT2D eigenvalue weighted by molar-refractivity contribution is -0.122. The van der Waals surface area contributed by atoms with Crippen LogP contribution in [0.4, 0.5) is 0 Å². The van der Waals surface area contributed by atoms with E-state index in [-0.39, 0.29) is 18.0 Å². The molecule has 0 radical (unpaired) electrons. The molecule has 0 saturated carbocycles. The predicted octanol–water partition coefficient (Wildman–Crippen LogP) is 2.27. The number of hydrogen-bond donors (Lipinski definition) is 2. The molecule has 1 fully saturated rings. The Morgan fingerprint density at radius 1 is 1.09 bits per heavy atom. The van der Waals surface area contributed by atoms with Crippen LogP contribution in [-0.4, -0.2) is 31.7 Å². The van der Waals surface area contributed by atoms with Crippen LogP contribution in [0, 0.1) is 0 Å². The summed E-state index contributed by atoms with van der Waals surface area (Å²) in [6.45, 7) is 2.11. The van der Waals surface area contributed by atoms with E-state index in [1.807, 2.05) is 60.7 Å². The molecule has 1 atom stereocenters. The summed E-state index contributed by atoms with van der Waals surface area (Å²) in [5.41, 5.74) is 2.17. The molecule has 0 spiro atoms. The fraction of sp³-hybridized carbons (Fsp3) is 0.316. The average molecular weight is 310 g/mol. The van der Waals surface area contributed by atoms with Gasteiger partial charge >= 0.3 is 0 Å². The van der Waals surface area contributed by atoms with E-state index in [0.29, 0.717) is 13.0 Å². The number of nitrogens with one attached hydrogen (secondary N) is 2. The van der Waals surface area contributed by atoms with E-state index in [0.717, 1.165) is 24.3 Å². The molecule has 1 saturated heterocycles. The van der Waals surface area contributed by atoms with Crippen LogP contribution in [0.15, 0.2) is 60.7 Å². The van der Waals surface area contributed by atoms with Crippen molar-refractivity contribution in [2.45, 2.75) is 18.5 Å². The molecule has 4 heteroatoms. The van der Waals surface area contributed by atoms with Crippen molar-refractivity contribution in [2.24, 2.45) is 0 Å². The molecule has 0 aliphatic carbocycles. The highest BCUT2D eigenvalue weighted by atomic mass is 16.5. The summed E-state index contributed by atoms with van der Waals surface area (Å²) in [4.78, 5) is 12.5. The Morgan fingerprint density at radius 3 is 2.22 bits per heavy atom. The molecular formula is C19H22N2O2. The summed E-state index contributed by atoms with van der Waals surface area (Å²) in [6, 6.07) is 20.1. The van der Waals surface area contributed by atoms with E-state index < -0.39 is 0 Å². The zero-order valence-corrected chi connectivity index (χ0v) is 13.1. The standard InChI is InChI=1S/C19H22N2O2/c22-18(13-17-14-23-12-11-20-17)21-19(15-7-3-1-4-8-15)16-9-5-2-6-10-16/h1-10,17,19-20H,11-14H2,(H,21,22). The number of carbonyl (C=O) groups excluding carboxylic acids is 1. The SMILES string of the molecule is O=C(CC1COCCN1)NC(c1ccccc1)c1ccccc1. The van der Waals surface area contributed by atoms with Gasteiger partial charge in [0.2, 0.25) is 5.91 Å². The van der Waals surface area contributed by atoms with Crippen molar-refractivity contribution >= 4 is 5.91 Å². The number of benzene rings is 2. The van der Waals surface area contributed by atoms with Gasteiger partial charge in [-0.2, -0.15) is 0 Å². The van der Waals surface area contributed by atoms with Gasteiger partial charge in [0.1, 0.15) is 0 Å². The zero-order chi connectivity index (χ0) is 15.9. The molecule has 0 bridgehead atoms. The molecule has 1 aliphatic heterocycles. The summed E-state index contributed by atoms with van der Waals surface area (Å²) in [5.74, 6) is 0.0331. The van der Waals surface area contributed by atoms with Crippen molar-refractivity contribution in [1.29, 1.82) is 0 Å². The Labute approximate surface area is 136 Å². The fourth-order valence-corrected chi connectivity index (χ4v) is 2.84. The molecule has 0 aromatic heterocycles. The highest BCUT2D eigenvalue weighted by molar-refractivity contribution is 5.77. The van der Waals surface area contributed by atoms with Crippen molar-refractivity contribution < 1.29 is 9.53 Å². The number of rotatable bonds is 5. The van der Waals surface area contributed by atoms with Crippen molar-refractivity contribution in [2.75, 3.05) is 19.8 Å². The molecule has 1 heterocycles.